The summed E-state index contributed by atoms with van der Waals surface area (Å²) in [4.78, 5) is 0. The molecule has 0 nitrogen and oxygen atoms in total. The maximum Gasteiger partial charge on any atom is -0.0276 e. The third-order valence-electron chi connectivity index (χ3n) is 3.34. The Morgan fingerprint density at radius 2 is 1.50 bits per heavy atom. The molecule has 0 aliphatic carbocycles. The molecule has 0 aliphatic heterocycles. The lowest BCUT2D eigenvalue weighted by molar-refractivity contribution is 0.666. The number of allylic oxidation sites excluding steroid dienone is 2. The van der Waals surface area contributed by atoms with Crippen LogP contribution in [0.2, 0.25) is 0 Å². The quantitative estimate of drug-likeness (QED) is 0.501. The minimum absolute atomic E-state index is 1.14. The van der Waals surface area contributed by atoms with Gasteiger partial charge in [0.05, 0.1) is 0 Å². The van der Waals surface area contributed by atoms with Crippen LogP contribution >= 0.6 is 0 Å². The Bertz CT molecular complexity index is 318. The Morgan fingerprint density at radius 3 is 2.06 bits per heavy atom. The fourth-order valence-electron chi connectivity index (χ4n) is 2.17. The van der Waals surface area contributed by atoms with Gasteiger partial charge in [-0.15, -0.1) is 0 Å². The summed E-state index contributed by atoms with van der Waals surface area (Å²) in [5, 5.41) is 0. The molecule has 18 heavy (non-hydrogen) atoms. The minimum Gasteiger partial charge on any atom is -0.0885 e. The van der Waals surface area contributed by atoms with Crippen LogP contribution in [0.3, 0.4) is 0 Å². The smallest absolute Gasteiger partial charge is 0.0276 e. The van der Waals surface area contributed by atoms with Gasteiger partial charge < -0.3 is 0 Å². The molecule has 0 aromatic heterocycles. The van der Waals surface area contributed by atoms with Crippen molar-refractivity contribution < 1.29 is 0 Å². The van der Waals surface area contributed by atoms with Crippen LogP contribution in [-0.4, -0.2) is 0 Å². The maximum absolute atomic E-state index is 3.70. The summed E-state index contributed by atoms with van der Waals surface area (Å²) in [6.07, 6.45) is 14.2. The van der Waals surface area contributed by atoms with Gasteiger partial charge >= 0.3 is 0 Å². The van der Waals surface area contributed by atoms with Crippen molar-refractivity contribution in [3.8, 4) is 0 Å². The fourth-order valence-corrected chi connectivity index (χ4v) is 2.17. The molecule has 0 saturated carbocycles. The van der Waals surface area contributed by atoms with Crippen LogP contribution in [0, 0.1) is 6.92 Å². The summed E-state index contributed by atoms with van der Waals surface area (Å²) in [5.41, 5.74) is 2.96. The van der Waals surface area contributed by atoms with E-state index in [1.54, 1.807) is 0 Å². The highest BCUT2D eigenvalue weighted by Gasteiger charge is 1.95. The zero-order chi connectivity index (χ0) is 13.1. The Hall–Kier alpha value is -1.04. The summed E-state index contributed by atoms with van der Waals surface area (Å²) in [7, 11) is 0. The van der Waals surface area contributed by atoms with E-state index in [-0.39, 0.29) is 0 Å². The molecule has 1 aromatic carbocycles. The molecule has 0 heteroatoms. The monoisotopic (exact) mass is 243 g/mol. The summed E-state index contributed by atoms with van der Waals surface area (Å²) in [5.74, 6) is 0. The van der Waals surface area contributed by atoms with Gasteiger partial charge in [-0.25, -0.2) is 0 Å². The molecular weight excluding hydrogens is 216 g/mol. The normalized spacial score (nSPS) is 11.2. The van der Waals surface area contributed by atoms with Crippen molar-refractivity contribution in [3.63, 3.8) is 0 Å². The van der Waals surface area contributed by atoms with Crippen molar-refractivity contribution in [2.45, 2.75) is 58.3 Å². The summed E-state index contributed by atoms with van der Waals surface area (Å²) in [6, 6.07) is 9.20. The molecule has 0 unspecified atom stereocenters. The van der Waals surface area contributed by atoms with Crippen LogP contribution in [0.15, 0.2) is 36.4 Å². The first-order valence-corrected chi connectivity index (χ1v) is 7.39. The Kier molecular flexibility index (Phi) is 8.29. The molecule has 0 bridgehead atoms. The van der Waals surface area contributed by atoms with Gasteiger partial charge in [0, 0.05) is 0 Å². The second-order valence-electron chi connectivity index (χ2n) is 4.99. The molecule has 0 heterocycles. The lowest BCUT2D eigenvalue weighted by atomic mass is 10.0. The second kappa shape index (κ2) is 9.94. The van der Waals surface area contributed by atoms with Gasteiger partial charge in [-0.1, -0.05) is 62.6 Å². The van der Waals surface area contributed by atoms with Gasteiger partial charge in [0.1, 0.15) is 0 Å². The zero-order valence-corrected chi connectivity index (χ0v) is 11.8. The van der Waals surface area contributed by atoms with E-state index < -0.39 is 0 Å². The summed E-state index contributed by atoms with van der Waals surface area (Å²) >= 11 is 0. The maximum atomic E-state index is 3.70. The van der Waals surface area contributed by atoms with Crippen LogP contribution in [-0.2, 0) is 12.8 Å². The van der Waals surface area contributed by atoms with Gasteiger partial charge in [0.25, 0.3) is 0 Å². The molecule has 0 spiro atoms. The molecule has 0 atom stereocenters. The van der Waals surface area contributed by atoms with Crippen LogP contribution in [0.25, 0.3) is 0 Å². The minimum atomic E-state index is 1.14. The molecule has 0 amide bonds. The third kappa shape index (κ3) is 6.64. The number of aryl methyl sites for hydroxylation is 2. The van der Waals surface area contributed by atoms with Crippen LogP contribution < -0.4 is 0 Å². The first-order valence-electron chi connectivity index (χ1n) is 7.39. The molecule has 1 aromatic rings. The van der Waals surface area contributed by atoms with E-state index in [0.717, 1.165) is 6.42 Å². The van der Waals surface area contributed by atoms with Crippen molar-refractivity contribution in [1.82, 2.24) is 0 Å². The summed E-state index contributed by atoms with van der Waals surface area (Å²) < 4.78 is 0. The van der Waals surface area contributed by atoms with Crippen LogP contribution in [0.1, 0.15) is 56.6 Å². The van der Waals surface area contributed by atoms with Gasteiger partial charge in [0.2, 0.25) is 0 Å². The second-order valence-corrected chi connectivity index (χ2v) is 4.99. The van der Waals surface area contributed by atoms with Crippen LogP contribution in [0.4, 0.5) is 0 Å². The lowest BCUT2D eigenvalue weighted by Crippen LogP contribution is -1.89. The Balaban J connectivity index is 2.24. The lowest BCUT2D eigenvalue weighted by Gasteiger charge is -2.04. The standard InChI is InChI=1S/C18H27/c1-3-5-7-9-11-17-13-15-18(16-14-17)12-10-8-6-4-2/h3,5,13-16H,1,4,6-12H2,2H3. The zero-order valence-electron chi connectivity index (χ0n) is 11.8. The highest BCUT2D eigenvalue weighted by molar-refractivity contribution is 5.22. The first-order chi connectivity index (χ1) is 8.86. The molecule has 99 valence electrons. The average molecular weight is 243 g/mol. The number of unbranched alkanes of at least 4 members (excludes halogenated alkanes) is 4. The van der Waals surface area contributed by atoms with E-state index in [9.17, 15) is 0 Å². The molecule has 1 rings (SSSR count). The predicted molar refractivity (Wildman–Crippen MR) is 81.7 cm³/mol. The molecule has 0 aliphatic rings. The van der Waals surface area contributed by atoms with E-state index in [1.165, 1.54) is 56.1 Å². The Morgan fingerprint density at radius 1 is 0.889 bits per heavy atom. The van der Waals surface area contributed by atoms with Crippen molar-refractivity contribution >= 4 is 0 Å². The number of benzene rings is 1. The van der Waals surface area contributed by atoms with E-state index >= 15 is 0 Å². The highest BCUT2D eigenvalue weighted by atomic mass is 14.0. The SMILES string of the molecule is [CH2]C=CCCCc1ccc(CCCCCC)cc1. The predicted octanol–water partition coefficient (Wildman–Crippen LogP) is 5.52. The molecule has 0 N–H and O–H groups in total. The van der Waals surface area contributed by atoms with Gasteiger partial charge in [-0.05, 0) is 50.2 Å². The number of rotatable bonds is 9. The molecule has 0 fully saturated rings. The molecule has 1 radical (unpaired) electrons. The van der Waals surface area contributed by atoms with Crippen molar-refractivity contribution in [2.24, 2.45) is 0 Å². The Labute approximate surface area is 113 Å². The van der Waals surface area contributed by atoms with E-state index in [2.05, 4.69) is 44.2 Å². The fraction of sp³-hybridized carbons (Fsp3) is 0.500. The first kappa shape index (κ1) is 15.0. The van der Waals surface area contributed by atoms with E-state index in [1.807, 2.05) is 6.08 Å². The summed E-state index contributed by atoms with van der Waals surface area (Å²) in [6.45, 7) is 5.97. The van der Waals surface area contributed by atoms with Crippen molar-refractivity contribution in [2.75, 3.05) is 0 Å². The molecule has 0 saturated heterocycles. The third-order valence-corrected chi connectivity index (χ3v) is 3.34. The average Bonchev–Trinajstić information content (AvgIpc) is 2.41. The number of hydrogen-bond acceptors (Lipinski definition) is 0. The van der Waals surface area contributed by atoms with Crippen molar-refractivity contribution in [1.29, 1.82) is 0 Å². The highest BCUT2D eigenvalue weighted by Crippen LogP contribution is 2.11. The van der Waals surface area contributed by atoms with Gasteiger partial charge in [-0.2, -0.15) is 0 Å². The molecular formula is C18H27. The van der Waals surface area contributed by atoms with Gasteiger partial charge in [-0.3, -0.25) is 0 Å². The van der Waals surface area contributed by atoms with Crippen molar-refractivity contribution in [3.05, 3.63) is 54.5 Å². The van der Waals surface area contributed by atoms with E-state index in [0.29, 0.717) is 0 Å². The van der Waals surface area contributed by atoms with Gasteiger partial charge in [0.15, 0.2) is 0 Å². The topological polar surface area (TPSA) is 0 Å². The van der Waals surface area contributed by atoms with E-state index in [4.69, 9.17) is 0 Å². The largest absolute Gasteiger partial charge is 0.0885 e. The number of hydrogen-bond donors (Lipinski definition) is 0. The van der Waals surface area contributed by atoms with Crippen LogP contribution in [0.5, 0.6) is 0 Å².